The number of nitrogens with zero attached hydrogens (tertiary/aromatic N) is 6. The van der Waals surface area contributed by atoms with E-state index in [2.05, 4.69) is 19.9 Å². The molecule has 2 aromatic carbocycles. The summed E-state index contributed by atoms with van der Waals surface area (Å²) in [5, 5.41) is 10.5. The monoisotopic (exact) mass is 546 g/mol. The normalized spacial score (nSPS) is 14.4. The van der Waals surface area contributed by atoms with Crippen LogP contribution in [0.2, 0.25) is 0 Å². The molecule has 1 amide bonds. The Balaban J connectivity index is 1.36. The predicted octanol–water partition coefficient (Wildman–Crippen LogP) is 5.34. The highest BCUT2D eigenvalue weighted by Crippen LogP contribution is 2.43. The Hall–Kier alpha value is -4.45. The Kier molecular flexibility index (Phi) is 6.18. The molecular formula is C27H23FN6O4S. The summed E-state index contributed by atoms with van der Waals surface area (Å²) in [6.45, 7) is 6.04. The van der Waals surface area contributed by atoms with Crippen molar-refractivity contribution in [1.82, 2.24) is 24.9 Å². The molecule has 0 saturated carbocycles. The number of thiazole rings is 1. The van der Waals surface area contributed by atoms with Crippen molar-refractivity contribution in [1.29, 1.82) is 0 Å². The maximum Gasteiger partial charge on any atom is 0.412 e. The fourth-order valence-electron chi connectivity index (χ4n) is 4.70. The standard InChI is InChI=1S/C27H23FN6O4S/c1-4-37-22-11-31-23-17(5-13(2)6-20(23)32-22)26-33-21-8-19(28)24-18(25(21)39-26)7-16(38-24)12-34(27(35)36)15-9-29-14(3)30-10-15/h5-6,8-11,16H,4,7,12H2,1-3H3,(H,35,36)/t16-/m1/s1. The highest BCUT2D eigenvalue weighted by Gasteiger charge is 2.33. The Labute approximate surface area is 226 Å². The zero-order chi connectivity index (χ0) is 27.3. The maximum absolute atomic E-state index is 15.2. The first-order valence-corrected chi connectivity index (χ1v) is 13.1. The minimum atomic E-state index is -1.17. The molecule has 0 unspecified atom stereocenters. The van der Waals surface area contributed by atoms with Gasteiger partial charge in [-0.15, -0.1) is 11.3 Å². The third kappa shape index (κ3) is 4.56. The third-order valence-corrected chi connectivity index (χ3v) is 7.55. The van der Waals surface area contributed by atoms with E-state index >= 15 is 4.39 Å². The summed E-state index contributed by atoms with van der Waals surface area (Å²) in [5.74, 6) is 0.568. The van der Waals surface area contributed by atoms with E-state index in [1.807, 2.05) is 26.0 Å². The minimum Gasteiger partial charge on any atom is -0.485 e. The molecule has 3 aromatic heterocycles. The van der Waals surface area contributed by atoms with E-state index in [-0.39, 0.29) is 12.3 Å². The quantitative estimate of drug-likeness (QED) is 0.301. The number of fused-ring (bicyclic) bond motifs is 4. The van der Waals surface area contributed by atoms with Gasteiger partial charge in [0.15, 0.2) is 11.6 Å². The molecule has 0 saturated heterocycles. The van der Waals surface area contributed by atoms with E-state index in [4.69, 9.17) is 14.5 Å². The predicted molar refractivity (Wildman–Crippen MR) is 144 cm³/mol. The van der Waals surface area contributed by atoms with Gasteiger partial charge in [0.05, 0.1) is 58.7 Å². The molecule has 0 spiro atoms. The molecule has 5 aromatic rings. The van der Waals surface area contributed by atoms with Gasteiger partial charge < -0.3 is 14.6 Å². The smallest absolute Gasteiger partial charge is 0.412 e. The van der Waals surface area contributed by atoms with Crippen molar-refractivity contribution >= 4 is 44.4 Å². The lowest BCUT2D eigenvalue weighted by atomic mass is 10.1. The van der Waals surface area contributed by atoms with E-state index in [0.717, 1.165) is 20.7 Å². The fourth-order valence-corrected chi connectivity index (χ4v) is 5.81. The highest BCUT2D eigenvalue weighted by molar-refractivity contribution is 7.22. The van der Waals surface area contributed by atoms with Crippen LogP contribution in [0.1, 0.15) is 23.9 Å². The summed E-state index contributed by atoms with van der Waals surface area (Å²) in [5.41, 5.74) is 4.63. The van der Waals surface area contributed by atoms with Crippen molar-refractivity contribution in [3.63, 3.8) is 0 Å². The average Bonchev–Trinajstić information content (AvgIpc) is 3.52. The second-order valence-electron chi connectivity index (χ2n) is 9.18. The second kappa shape index (κ2) is 9.70. The average molecular weight is 547 g/mol. The van der Waals surface area contributed by atoms with Crippen molar-refractivity contribution < 1.29 is 23.8 Å². The van der Waals surface area contributed by atoms with E-state index in [9.17, 15) is 9.90 Å². The molecule has 0 fully saturated rings. The van der Waals surface area contributed by atoms with E-state index < -0.39 is 18.0 Å². The van der Waals surface area contributed by atoms with Crippen LogP contribution in [0.5, 0.6) is 11.6 Å². The molecule has 12 heteroatoms. The van der Waals surface area contributed by atoms with Gasteiger partial charge in [0, 0.05) is 23.6 Å². The Bertz CT molecular complexity index is 1740. The Morgan fingerprint density at radius 3 is 2.69 bits per heavy atom. The summed E-state index contributed by atoms with van der Waals surface area (Å²) in [4.78, 5) is 35.2. The van der Waals surface area contributed by atoms with Crippen LogP contribution in [0.15, 0.2) is 36.8 Å². The Morgan fingerprint density at radius 2 is 1.95 bits per heavy atom. The number of rotatable bonds is 6. The number of aromatic nitrogens is 5. The van der Waals surface area contributed by atoms with Crippen molar-refractivity contribution in [2.45, 2.75) is 33.3 Å². The number of carboxylic acid groups (broad SMARTS) is 1. The van der Waals surface area contributed by atoms with Gasteiger partial charge in [-0.3, -0.25) is 4.90 Å². The second-order valence-corrected chi connectivity index (χ2v) is 10.2. The van der Waals surface area contributed by atoms with Gasteiger partial charge in [-0.25, -0.2) is 34.1 Å². The fraction of sp³-hybridized carbons (Fsp3) is 0.259. The zero-order valence-corrected chi connectivity index (χ0v) is 22.1. The molecular weight excluding hydrogens is 523 g/mol. The van der Waals surface area contributed by atoms with Crippen molar-refractivity contribution in [3.8, 4) is 22.2 Å². The van der Waals surface area contributed by atoms with Crippen LogP contribution >= 0.6 is 11.3 Å². The first-order chi connectivity index (χ1) is 18.8. The van der Waals surface area contributed by atoms with Crippen LogP contribution in [0.3, 0.4) is 0 Å². The molecule has 10 nitrogen and oxygen atoms in total. The van der Waals surface area contributed by atoms with Gasteiger partial charge in [0.25, 0.3) is 0 Å². The molecule has 1 aliphatic rings. The molecule has 1 atom stereocenters. The number of aryl methyl sites for hydroxylation is 2. The van der Waals surface area contributed by atoms with Crippen molar-refractivity contribution in [3.05, 3.63) is 59.6 Å². The number of carbonyl (C=O) groups is 1. The first kappa shape index (κ1) is 24.9. The maximum atomic E-state index is 15.2. The van der Waals surface area contributed by atoms with Gasteiger partial charge in [-0.05, 0) is 38.5 Å². The third-order valence-electron chi connectivity index (χ3n) is 6.39. The summed E-state index contributed by atoms with van der Waals surface area (Å²) in [7, 11) is 0. The van der Waals surface area contributed by atoms with Crippen molar-refractivity contribution in [2.24, 2.45) is 0 Å². The molecule has 1 aliphatic heterocycles. The van der Waals surface area contributed by atoms with Gasteiger partial charge >= 0.3 is 6.09 Å². The van der Waals surface area contributed by atoms with E-state index in [1.165, 1.54) is 29.8 Å². The van der Waals surface area contributed by atoms with Gasteiger partial charge in [0.2, 0.25) is 5.88 Å². The van der Waals surface area contributed by atoms with Crippen molar-refractivity contribution in [2.75, 3.05) is 18.1 Å². The molecule has 1 N–H and O–H groups in total. The number of ether oxygens (including phenoxy) is 2. The van der Waals surface area contributed by atoms with Crippen LogP contribution in [0.25, 0.3) is 31.8 Å². The van der Waals surface area contributed by atoms with Crippen LogP contribution in [-0.2, 0) is 6.42 Å². The minimum absolute atomic E-state index is 0.0106. The van der Waals surface area contributed by atoms with Crippen LogP contribution in [0, 0.1) is 19.7 Å². The SMILES string of the molecule is CCOc1cnc2c(-c3nc4cc(F)c5c(c4s3)C[C@H](CN(C(=O)O)c3cnc(C)nc3)O5)cc(C)cc2n1. The number of hydrogen-bond donors (Lipinski definition) is 1. The molecule has 0 aliphatic carbocycles. The highest BCUT2D eigenvalue weighted by atomic mass is 32.1. The summed E-state index contributed by atoms with van der Waals surface area (Å²) in [6.07, 6.45) is 3.03. The molecule has 4 heterocycles. The lowest BCUT2D eigenvalue weighted by Crippen LogP contribution is -2.38. The lowest BCUT2D eigenvalue weighted by molar-refractivity contribution is 0.190. The molecule has 0 radical (unpaired) electrons. The Morgan fingerprint density at radius 1 is 1.15 bits per heavy atom. The number of halogens is 1. The number of hydrogen-bond acceptors (Lipinski definition) is 9. The van der Waals surface area contributed by atoms with Crippen LogP contribution in [-0.4, -0.2) is 55.4 Å². The molecule has 0 bridgehead atoms. The number of amides is 1. The lowest BCUT2D eigenvalue weighted by Gasteiger charge is -2.22. The molecule has 6 rings (SSSR count). The van der Waals surface area contributed by atoms with E-state index in [1.54, 1.807) is 13.1 Å². The molecule has 198 valence electrons. The van der Waals surface area contributed by atoms with E-state index in [0.29, 0.717) is 57.5 Å². The molecule has 39 heavy (non-hydrogen) atoms. The van der Waals surface area contributed by atoms with Gasteiger partial charge in [-0.2, -0.15) is 0 Å². The largest absolute Gasteiger partial charge is 0.485 e. The first-order valence-electron chi connectivity index (χ1n) is 12.3. The summed E-state index contributed by atoms with van der Waals surface area (Å²) < 4.78 is 27.4. The van der Waals surface area contributed by atoms with Crippen LogP contribution < -0.4 is 14.4 Å². The summed E-state index contributed by atoms with van der Waals surface area (Å²) >= 11 is 1.42. The number of benzene rings is 2. The topological polar surface area (TPSA) is 123 Å². The van der Waals surface area contributed by atoms with Crippen LogP contribution in [0.4, 0.5) is 14.9 Å². The number of anilines is 1. The van der Waals surface area contributed by atoms with Gasteiger partial charge in [-0.1, -0.05) is 0 Å². The van der Waals surface area contributed by atoms with Gasteiger partial charge in [0.1, 0.15) is 16.9 Å². The summed E-state index contributed by atoms with van der Waals surface area (Å²) in [6, 6.07) is 5.28. The zero-order valence-electron chi connectivity index (χ0n) is 21.3.